The maximum absolute atomic E-state index is 12.1. The summed E-state index contributed by atoms with van der Waals surface area (Å²) in [5, 5.41) is 5.82. The van der Waals surface area contributed by atoms with E-state index < -0.39 is 0 Å². The summed E-state index contributed by atoms with van der Waals surface area (Å²) in [6.07, 6.45) is 7.19. The number of carbonyl (C=O) groups is 1. The van der Waals surface area contributed by atoms with Gasteiger partial charge in [-0.2, -0.15) is 11.8 Å². The molecule has 1 aromatic rings. The summed E-state index contributed by atoms with van der Waals surface area (Å²) in [5.41, 5.74) is 0.342. The fraction of sp³-hybridized carbons (Fsp3) is 0.615. The average molecular weight is 282 g/mol. The summed E-state index contributed by atoms with van der Waals surface area (Å²) in [6.45, 7) is 4.94. The number of carbonyl (C=O) groups excluding carboxylic acids is 1. The summed E-state index contributed by atoms with van der Waals surface area (Å²) in [7, 11) is 1.75. The van der Waals surface area contributed by atoms with E-state index in [9.17, 15) is 4.79 Å². The SMILES string of the molecule is CCC(CC)(CNC(=O)c1cncc(NC)n1)SC. The zero-order valence-corrected chi connectivity index (χ0v) is 12.8. The van der Waals surface area contributed by atoms with Crippen molar-refractivity contribution in [1.82, 2.24) is 15.3 Å². The number of nitrogens with one attached hydrogen (secondary N) is 2. The molecule has 0 saturated heterocycles. The van der Waals surface area contributed by atoms with Crippen LogP contribution in [0.4, 0.5) is 5.82 Å². The third kappa shape index (κ3) is 4.09. The molecule has 19 heavy (non-hydrogen) atoms. The fourth-order valence-electron chi connectivity index (χ4n) is 1.79. The Morgan fingerprint density at radius 2 is 2.05 bits per heavy atom. The summed E-state index contributed by atoms with van der Waals surface area (Å²) < 4.78 is 0.101. The van der Waals surface area contributed by atoms with Crippen LogP contribution in [0, 0.1) is 0 Å². The third-order valence-corrected chi connectivity index (χ3v) is 5.00. The highest BCUT2D eigenvalue weighted by Gasteiger charge is 2.25. The van der Waals surface area contributed by atoms with Crippen LogP contribution in [0.25, 0.3) is 0 Å². The van der Waals surface area contributed by atoms with Crippen molar-refractivity contribution in [2.24, 2.45) is 0 Å². The smallest absolute Gasteiger partial charge is 0.271 e. The molecule has 0 radical (unpaired) electrons. The lowest BCUT2D eigenvalue weighted by Gasteiger charge is -2.29. The van der Waals surface area contributed by atoms with Crippen LogP contribution in [0.1, 0.15) is 37.2 Å². The van der Waals surface area contributed by atoms with E-state index in [1.165, 1.54) is 6.20 Å². The van der Waals surface area contributed by atoms with Crippen LogP contribution in [-0.4, -0.2) is 40.5 Å². The largest absolute Gasteiger partial charge is 0.372 e. The highest BCUT2D eigenvalue weighted by atomic mass is 32.2. The van der Waals surface area contributed by atoms with E-state index in [1.807, 2.05) is 0 Å². The molecular formula is C13H22N4OS. The second-order valence-corrected chi connectivity index (χ2v) is 5.59. The first-order valence-electron chi connectivity index (χ1n) is 6.44. The second-order valence-electron chi connectivity index (χ2n) is 4.32. The Hall–Kier alpha value is -1.30. The molecule has 0 aliphatic heterocycles. The van der Waals surface area contributed by atoms with Gasteiger partial charge < -0.3 is 10.6 Å². The molecule has 0 aromatic carbocycles. The molecule has 0 spiro atoms. The summed E-state index contributed by atoms with van der Waals surface area (Å²) in [5.74, 6) is 0.416. The zero-order chi connectivity index (χ0) is 14.3. The maximum Gasteiger partial charge on any atom is 0.271 e. The molecule has 0 saturated carbocycles. The number of nitrogens with zero attached hydrogens (tertiary/aromatic N) is 2. The summed E-state index contributed by atoms with van der Waals surface area (Å²) in [6, 6.07) is 0. The Kier molecular flexibility index (Phi) is 6.08. The summed E-state index contributed by atoms with van der Waals surface area (Å²) >= 11 is 1.80. The predicted molar refractivity (Wildman–Crippen MR) is 80.7 cm³/mol. The number of thioether (sulfide) groups is 1. The quantitative estimate of drug-likeness (QED) is 0.802. The van der Waals surface area contributed by atoms with Gasteiger partial charge in [-0.3, -0.25) is 9.78 Å². The van der Waals surface area contributed by atoms with Crippen LogP contribution >= 0.6 is 11.8 Å². The van der Waals surface area contributed by atoms with E-state index >= 15 is 0 Å². The Labute approximate surface area is 119 Å². The molecule has 0 aliphatic carbocycles. The minimum Gasteiger partial charge on any atom is -0.372 e. The van der Waals surface area contributed by atoms with Gasteiger partial charge in [0.25, 0.3) is 5.91 Å². The van der Waals surface area contributed by atoms with Gasteiger partial charge in [-0.1, -0.05) is 13.8 Å². The van der Waals surface area contributed by atoms with E-state index in [0.717, 1.165) is 12.8 Å². The Morgan fingerprint density at radius 1 is 1.37 bits per heavy atom. The monoisotopic (exact) mass is 282 g/mol. The first kappa shape index (κ1) is 15.8. The molecular weight excluding hydrogens is 260 g/mol. The topological polar surface area (TPSA) is 66.9 Å². The molecule has 0 aliphatic rings. The molecule has 1 heterocycles. The van der Waals surface area contributed by atoms with Gasteiger partial charge in [0.2, 0.25) is 0 Å². The van der Waals surface area contributed by atoms with Crippen molar-refractivity contribution in [3.63, 3.8) is 0 Å². The standard InChI is InChI=1S/C13H22N4OS/c1-5-13(6-2,19-4)9-16-12(18)10-7-15-8-11(14-3)17-10/h7-8H,5-6,9H2,1-4H3,(H,14,17)(H,16,18). The van der Waals surface area contributed by atoms with Crippen LogP contribution in [0.5, 0.6) is 0 Å². The van der Waals surface area contributed by atoms with E-state index in [0.29, 0.717) is 18.1 Å². The lowest BCUT2D eigenvalue weighted by Crippen LogP contribution is -2.39. The van der Waals surface area contributed by atoms with Crippen molar-refractivity contribution in [2.75, 3.05) is 25.2 Å². The number of anilines is 1. The van der Waals surface area contributed by atoms with Crippen LogP contribution in [0.2, 0.25) is 0 Å². The first-order valence-corrected chi connectivity index (χ1v) is 7.66. The van der Waals surface area contributed by atoms with Gasteiger partial charge in [-0.25, -0.2) is 4.98 Å². The van der Waals surface area contributed by atoms with Crippen LogP contribution in [-0.2, 0) is 0 Å². The molecule has 1 rings (SSSR count). The zero-order valence-electron chi connectivity index (χ0n) is 12.0. The lowest BCUT2D eigenvalue weighted by atomic mass is 10.0. The minimum absolute atomic E-state index is 0.101. The van der Waals surface area contributed by atoms with Gasteiger partial charge in [0.15, 0.2) is 0 Å². The van der Waals surface area contributed by atoms with Crippen molar-refractivity contribution in [2.45, 2.75) is 31.4 Å². The van der Waals surface area contributed by atoms with Gasteiger partial charge in [0.1, 0.15) is 11.5 Å². The van der Waals surface area contributed by atoms with Gasteiger partial charge in [0, 0.05) is 18.3 Å². The molecule has 0 unspecified atom stereocenters. The molecule has 1 aromatic heterocycles. The molecule has 5 nitrogen and oxygen atoms in total. The number of rotatable bonds is 7. The van der Waals surface area contributed by atoms with Crippen molar-refractivity contribution < 1.29 is 4.79 Å². The van der Waals surface area contributed by atoms with Crippen molar-refractivity contribution in [1.29, 1.82) is 0 Å². The Morgan fingerprint density at radius 3 is 2.58 bits per heavy atom. The van der Waals surface area contributed by atoms with Crippen LogP contribution in [0.15, 0.2) is 12.4 Å². The highest BCUT2D eigenvalue weighted by Crippen LogP contribution is 2.29. The number of aromatic nitrogens is 2. The minimum atomic E-state index is -0.176. The molecule has 1 amide bonds. The highest BCUT2D eigenvalue weighted by molar-refractivity contribution is 8.00. The van der Waals surface area contributed by atoms with Crippen molar-refractivity contribution in [3.05, 3.63) is 18.1 Å². The van der Waals surface area contributed by atoms with Gasteiger partial charge in [0.05, 0.1) is 12.4 Å². The van der Waals surface area contributed by atoms with Crippen molar-refractivity contribution in [3.8, 4) is 0 Å². The Bertz CT molecular complexity index is 413. The van der Waals surface area contributed by atoms with E-state index in [4.69, 9.17) is 0 Å². The number of hydrogen-bond acceptors (Lipinski definition) is 5. The van der Waals surface area contributed by atoms with Gasteiger partial charge >= 0.3 is 0 Å². The molecule has 0 fully saturated rings. The molecule has 2 N–H and O–H groups in total. The van der Waals surface area contributed by atoms with Gasteiger partial charge in [-0.15, -0.1) is 0 Å². The second kappa shape index (κ2) is 7.33. The third-order valence-electron chi connectivity index (χ3n) is 3.42. The molecule has 6 heteroatoms. The Balaban J connectivity index is 2.69. The molecule has 0 atom stereocenters. The molecule has 0 bridgehead atoms. The lowest BCUT2D eigenvalue weighted by molar-refractivity contribution is 0.0943. The van der Waals surface area contributed by atoms with E-state index in [1.54, 1.807) is 25.0 Å². The summed E-state index contributed by atoms with van der Waals surface area (Å²) in [4.78, 5) is 20.2. The van der Waals surface area contributed by atoms with Crippen LogP contribution < -0.4 is 10.6 Å². The fourth-order valence-corrected chi connectivity index (χ4v) is 2.58. The normalized spacial score (nSPS) is 11.2. The van der Waals surface area contributed by atoms with Crippen molar-refractivity contribution >= 4 is 23.5 Å². The van der Waals surface area contributed by atoms with Gasteiger partial charge in [-0.05, 0) is 19.1 Å². The maximum atomic E-state index is 12.1. The number of hydrogen-bond donors (Lipinski definition) is 2. The molecule has 106 valence electrons. The van der Waals surface area contributed by atoms with Crippen LogP contribution in [0.3, 0.4) is 0 Å². The number of amides is 1. The predicted octanol–water partition coefficient (Wildman–Crippen LogP) is 2.17. The van der Waals surface area contributed by atoms with E-state index in [2.05, 4.69) is 40.7 Å². The first-order chi connectivity index (χ1) is 9.10. The average Bonchev–Trinajstić information content (AvgIpc) is 2.49. The van der Waals surface area contributed by atoms with E-state index in [-0.39, 0.29) is 10.7 Å².